The van der Waals surface area contributed by atoms with Gasteiger partial charge in [-0.3, -0.25) is 0 Å². The minimum Gasteiger partial charge on any atom is -0.490 e. The van der Waals surface area contributed by atoms with Crippen LogP contribution in [0.15, 0.2) is 16.6 Å². The van der Waals surface area contributed by atoms with Crippen LogP contribution in [-0.4, -0.2) is 19.3 Å². The van der Waals surface area contributed by atoms with Crippen molar-refractivity contribution in [3.05, 3.63) is 22.2 Å². The van der Waals surface area contributed by atoms with E-state index in [2.05, 4.69) is 15.9 Å². The largest absolute Gasteiger partial charge is 0.490 e. The summed E-state index contributed by atoms with van der Waals surface area (Å²) < 4.78 is 12.1. The van der Waals surface area contributed by atoms with Gasteiger partial charge < -0.3 is 15.2 Å². The van der Waals surface area contributed by atoms with Gasteiger partial charge in [0.1, 0.15) is 0 Å². The van der Waals surface area contributed by atoms with E-state index in [0.717, 1.165) is 28.0 Å². The highest BCUT2D eigenvalue weighted by Gasteiger charge is 2.12. The van der Waals surface area contributed by atoms with Gasteiger partial charge in [-0.25, -0.2) is 0 Å². The number of nitrogens with two attached hydrogens (primary N) is 1. The molecule has 1 unspecified atom stereocenters. The van der Waals surface area contributed by atoms with Crippen LogP contribution >= 0.6 is 15.9 Å². The van der Waals surface area contributed by atoms with Crippen LogP contribution in [0, 0.1) is 0 Å². The highest BCUT2D eigenvalue weighted by Crippen LogP contribution is 2.37. The summed E-state index contributed by atoms with van der Waals surface area (Å²) in [4.78, 5) is 0. The molecular weight excluding hydrogens is 282 g/mol. The Morgan fingerprint density at radius 1 is 1.24 bits per heavy atom. The molecule has 96 valence electrons. The van der Waals surface area contributed by atoms with Crippen LogP contribution in [0.3, 0.4) is 0 Å². The molecule has 0 amide bonds. The predicted molar refractivity (Wildman–Crippen MR) is 73.8 cm³/mol. The van der Waals surface area contributed by atoms with E-state index < -0.39 is 0 Å². The molecule has 0 radical (unpaired) electrons. The van der Waals surface area contributed by atoms with Gasteiger partial charge in [0.15, 0.2) is 11.5 Å². The molecule has 2 N–H and O–H groups in total. The van der Waals surface area contributed by atoms with Crippen LogP contribution in [0.2, 0.25) is 0 Å². The van der Waals surface area contributed by atoms with Gasteiger partial charge in [-0.1, -0.05) is 0 Å². The molecule has 1 aromatic carbocycles. The molecule has 0 aromatic heterocycles. The van der Waals surface area contributed by atoms with Gasteiger partial charge in [0.05, 0.1) is 17.7 Å². The Kier molecular flexibility index (Phi) is 5.78. The van der Waals surface area contributed by atoms with Gasteiger partial charge in [-0.2, -0.15) is 0 Å². The van der Waals surface area contributed by atoms with Crippen molar-refractivity contribution in [1.82, 2.24) is 0 Å². The minimum atomic E-state index is 0.134. The smallest absolute Gasteiger partial charge is 0.175 e. The first-order valence-electron chi connectivity index (χ1n) is 5.92. The molecule has 0 fully saturated rings. The third kappa shape index (κ3) is 4.21. The normalized spacial score (nSPS) is 12.3. The van der Waals surface area contributed by atoms with Crippen LogP contribution in [0.5, 0.6) is 11.5 Å². The SMILES string of the molecule is CCOc1cc(CC(C)N)cc(Br)c1OCC. The van der Waals surface area contributed by atoms with Crippen LogP contribution in [0.1, 0.15) is 26.3 Å². The molecule has 0 heterocycles. The van der Waals surface area contributed by atoms with Gasteiger partial charge in [-0.15, -0.1) is 0 Å². The molecule has 0 saturated carbocycles. The summed E-state index contributed by atoms with van der Waals surface area (Å²) in [6, 6.07) is 4.17. The lowest BCUT2D eigenvalue weighted by atomic mass is 10.1. The predicted octanol–water partition coefficient (Wildman–Crippen LogP) is 3.14. The lowest BCUT2D eigenvalue weighted by Gasteiger charge is -2.15. The zero-order chi connectivity index (χ0) is 12.8. The average Bonchev–Trinajstić information content (AvgIpc) is 2.22. The molecule has 0 aliphatic rings. The average molecular weight is 302 g/mol. The van der Waals surface area contributed by atoms with Crippen molar-refractivity contribution in [2.45, 2.75) is 33.2 Å². The zero-order valence-electron chi connectivity index (χ0n) is 10.6. The second kappa shape index (κ2) is 6.87. The van der Waals surface area contributed by atoms with E-state index >= 15 is 0 Å². The summed E-state index contributed by atoms with van der Waals surface area (Å²) in [6.07, 6.45) is 0.824. The second-order valence-electron chi connectivity index (χ2n) is 3.95. The summed E-state index contributed by atoms with van der Waals surface area (Å²) >= 11 is 3.51. The second-order valence-corrected chi connectivity index (χ2v) is 4.81. The van der Waals surface area contributed by atoms with Crippen molar-refractivity contribution < 1.29 is 9.47 Å². The molecule has 1 rings (SSSR count). The molecule has 0 aliphatic carbocycles. The van der Waals surface area contributed by atoms with Crippen molar-refractivity contribution >= 4 is 15.9 Å². The van der Waals surface area contributed by atoms with Gasteiger partial charge in [0.2, 0.25) is 0 Å². The number of benzene rings is 1. The van der Waals surface area contributed by atoms with Crippen molar-refractivity contribution in [2.75, 3.05) is 13.2 Å². The van der Waals surface area contributed by atoms with E-state index in [1.165, 1.54) is 0 Å². The Balaban J connectivity index is 3.06. The van der Waals surface area contributed by atoms with Gasteiger partial charge in [-0.05, 0) is 60.8 Å². The zero-order valence-corrected chi connectivity index (χ0v) is 12.2. The monoisotopic (exact) mass is 301 g/mol. The van der Waals surface area contributed by atoms with Crippen LogP contribution in [0.25, 0.3) is 0 Å². The Labute approximate surface area is 111 Å². The Morgan fingerprint density at radius 2 is 1.88 bits per heavy atom. The number of hydrogen-bond donors (Lipinski definition) is 1. The number of hydrogen-bond acceptors (Lipinski definition) is 3. The molecule has 1 aromatic rings. The summed E-state index contributed by atoms with van der Waals surface area (Å²) in [7, 11) is 0. The standard InChI is InChI=1S/C13H20BrNO2/c1-4-16-12-8-10(6-9(3)15)7-11(14)13(12)17-5-2/h7-9H,4-6,15H2,1-3H3. The fraction of sp³-hybridized carbons (Fsp3) is 0.538. The Hall–Kier alpha value is -0.740. The molecule has 3 nitrogen and oxygen atoms in total. The van der Waals surface area contributed by atoms with Crippen molar-refractivity contribution in [1.29, 1.82) is 0 Å². The van der Waals surface area contributed by atoms with E-state index in [9.17, 15) is 0 Å². The summed E-state index contributed by atoms with van der Waals surface area (Å²) in [5, 5.41) is 0. The maximum Gasteiger partial charge on any atom is 0.175 e. The Morgan fingerprint density at radius 3 is 2.41 bits per heavy atom. The number of ether oxygens (including phenoxy) is 2. The summed E-state index contributed by atoms with van der Waals surface area (Å²) in [5.41, 5.74) is 6.96. The number of halogens is 1. The maximum atomic E-state index is 5.81. The van der Waals surface area contributed by atoms with Gasteiger partial charge >= 0.3 is 0 Å². The van der Waals surface area contributed by atoms with Crippen molar-refractivity contribution in [3.63, 3.8) is 0 Å². The van der Waals surface area contributed by atoms with Crippen LogP contribution in [0.4, 0.5) is 0 Å². The first-order valence-corrected chi connectivity index (χ1v) is 6.71. The first-order chi connectivity index (χ1) is 8.08. The Bertz CT molecular complexity index is 367. The lowest BCUT2D eigenvalue weighted by Crippen LogP contribution is -2.17. The maximum absolute atomic E-state index is 5.81. The molecular formula is C13H20BrNO2. The van der Waals surface area contributed by atoms with E-state index in [1.807, 2.05) is 32.9 Å². The molecule has 0 bridgehead atoms. The van der Waals surface area contributed by atoms with E-state index in [-0.39, 0.29) is 6.04 Å². The van der Waals surface area contributed by atoms with Crippen LogP contribution < -0.4 is 15.2 Å². The fourth-order valence-electron chi connectivity index (χ4n) is 1.66. The molecule has 4 heteroatoms. The molecule has 0 saturated heterocycles. The minimum absolute atomic E-state index is 0.134. The van der Waals surface area contributed by atoms with E-state index in [4.69, 9.17) is 15.2 Å². The molecule has 1 atom stereocenters. The number of rotatable bonds is 6. The van der Waals surface area contributed by atoms with E-state index in [0.29, 0.717) is 13.2 Å². The third-order valence-electron chi connectivity index (χ3n) is 2.22. The van der Waals surface area contributed by atoms with E-state index in [1.54, 1.807) is 0 Å². The quantitative estimate of drug-likeness (QED) is 0.878. The topological polar surface area (TPSA) is 44.5 Å². The lowest BCUT2D eigenvalue weighted by molar-refractivity contribution is 0.286. The highest BCUT2D eigenvalue weighted by molar-refractivity contribution is 9.10. The van der Waals surface area contributed by atoms with Crippen molar-refractivity contribution in [2.24, 2.45) is 5.73 Å². The highest BCUT2D eigenvalue weighted by atomic mass is 79.9. The molecule has 0 spiro atoms. The molecule has 0 aliphatic heterocycles. The van der Waals surface area contributed by atoms with Gasteiger partial charge in [0, 0.05) is 6.04 Å². The van der Waals surface area contributed by atoms with Crippen molar-refractivity contribution in [3.8, 4) is 11.5 Å². The van der Waals surface area contributed by atoms with Gasteiger partial charge in [0.25, 0.3) is 0 Å². The first kappa shape index (κ1) is 14.3. The summed E-state index contributed by atoms with van der Waals surface area (Å²) in [6.45, 7) is 7.14. The summed E-state index contributed by atoms with van der Waals surface area (Å²) in [5.74, 6) is 1.54. The fourth-order valence-corrected chi connectivity index (χ4v) is 2.26. The third-order valence-corrected chi connectivity index (χ3v) is 2.80. The van der Waals surface area contributed by atoms with Crippen LogP contribution in [-0.2, 0) is 6.42 Å². The molecule has 17 heavy (non-hydrogen) atoms.